The lowest BCUT2D eigenvalue weighted by Crippen LogP contribution is -2.50. The maximum Gasteiger partial charge on any atom is 0.257 e. The van der Waals surface area contributed by atoms with Gasteiger partial charge in [-0.1, -0.05) is 19.1 Å². The average Bonchev–Trinajstić information content (AvgIpc) is 3.18. The Morgan fingerprint density at radius 2 is 1.52 bits per heavy atom. The van der Waals surface area contributed by atoms with Crippen LogP contribution in [0.4, 0.5) is 5.69 Å². The number of amides is 2. The van der Waals surface area contributed by atoms with Gasteiger partial charge in [0.2, 0.25) is 0 Å². The van der Waals surface area contributed by atoms with Crippen LogP contribution in [0.2, 0.25) is 0 Å². The molecule has 2 aromatic rings. The summed E-state index contributed by atoms with van der Waals surface area (Å²) in [5.41, 5.74) is 3.30. The highest BCUT2D eigenvalue weighted by Crippen LogP contribution is 2.42. The summed E-state index contributed by atoms with van der Waals surface area (Å²) >= 11 is 1.28. The Balaban J connectivity index is 1.24. The number of benzene rings is 2. The number of fused-ring (bicyclic) bond motifs is 3. The number of hydrogen-bond acceptors (Lipinski definition) is 6. The van der Waals surface area contributed by atoms with E-state index in [1.165, 1.54) is 17.3 Å². The highest BCUT2D eigenvalue weighted by molar-refractivity contribution is 8.15. The number of hydrogen-bond donors (Lipinski definition) is 0. The normalized spacial score (nSPS) is 19.1. The number of rotatable bonds is 3. The molecule has 1 saturated heterocycles. The Labute approximate surface area is 197 Å². The molecular weight excluding hydrogens is 460 g/mol. The molecule has 0 aromatic heterocycles. The second kappa shape index (κ2) is 8.49. The summed E-state index contributed by atoms with van der Waals surface area (Å²) in [5.74, 6) is -0.105. The second-order valence-electron chi connectivity index (χ2n) is 8.23. The van der Waals surface area contributed by atoms with Crippen LogP contribution in [0, 0.1) is 0 Å². The molecule has 2 aromatic carbocycles. The van der Waals surface area contributed by atoms with Crippen molar-refractivity contribution in [2.75, 3.05) is 43.4 Å². The zero-order chi connectivity index (χ0) is 23.2. The molecule has 0 spiro atoms. The molecule has 3 aliphatic heterocycles. The van der Waals surface area contributed by atoms with E-state index in [1.54, 1.807) is 15.9 Å². The van der Waals surface area contributed by atoms with Gasteiger partial charge in [0.05, 0.1) is 11.4 Å². The molecule has 8 nitrogen and oxygen atoms in total. The second-order valence-corrected chi connectivity index (χ2v) is 11.0. The fourth-order valence-electron chi connectivity index (χ4n) is 4.22. The molecule has 2 amide bonds. The van der Waals surface area contributed by atoms with Crippen LogP contribution in [0.5, 0.6) is 0 Å². The standard InChI is InChI=1S/C23H24N4O4S2/c1-2-16-3-5-17(6-4-16)21(28)25-9-11-26(12-10-25)22(29)18-7-8-19-20(15-18)32-23-24-33(30,31)14-13-27(19)23/h3-8,15H,2,9-14H2,1H3. The monoisotopic (exact) mass is 484 g/mol. The zero-order valence-electron chi connectivity index (χ0n) is 18.2. The van der Waals surface area contributed by atoms with Crippen LogP contribution in [-0.4, -0.2) is 73.7 Å². The molecule has 33 heavy (non-hydrogen) atoms. The quantitative estimate of drug-likeness (QED) is 0.665. The molecule has 3 heterocycles. The van der Waals surface area contributed by atoms with Crippen molar-refractivity contribution in [2.45, 2.75) is 18.2 Å². The SMILES string of the molecule is CCc1ccc(C(=O)N2CCN(C(=O)c3ccc4c(c3)SC3=NS(=O)(=O)CCN34)CC2)cc1. The fourth-order valence-corrected chi connectivity index (χ4v) is 6.52. The molecule has 1 fully saturated rings. The van der Waals surface area contributed by atoms with E-state index in [1.807, 2.05) is 41.3 Å². The van der Waals surface area contributed by atoms with E-state index < -0.39 is 10.0 Å². The number of nitrogens with zero attached hydrogens (tertiary/aromatic N) is 4. The van der Waals surface area contributed by atoms with Crippen LogP contribution in [0.15, 0.2) is 51.8 Å². The molecule has 0 saturated carbocycles. The molecule has 3 aliphatic rings. The van der Waals surface area contributed by atoms with Gasteiger partial charge in [-0.3, -0.25) is 9.59 Å². The topological polar surface area (TPSA) is 90.4 Å². The van der Waals surface area contributed by atoms with Crippen LogP contribution < -0.4 is 4.90 Å². The van der Waals surface area contributed by atoms with Crippen LogP contribution in [0.1, 0.15) is 33.2 Å². The van der Waals surface area contributed by atoms with Gasteiger partial charge in [-0.15, -0.1) is 4.40 Å². The molecule has 0 atom stereocenters. The van der Waals surface area contributed by atoms with E-state index in [4.69, 9.17) is 0 Å². The third-order valence-electron chi connectivity index (χ3n) is 6.18. The number of sulfonamides is 1. The van der Waals surface area contributed by atoms with Gasteiger partial charge in [0.15, 0.2) is 5.17 Å². The molecule has 10 heteroatoms. The lowest BCUT2D eigenvalue weighted by atomic mass is 10.1. The molecule has 172 valence electrons. The molecule has 0 bridgehead atoms. The number of anilines is 1. The van der Waals surface area contributed by atoms with Crippen molar-refractivity contribution in [3.05, 3.63) is 59.2 Å². The lowest BCUT2D eigenvalue weighted by molar-refractivity contribution is 0.0535. The minimum absolute atomic E-state index is 0.00827. The number of carbonyl (C=O) groups excluding carboxylic acids is 2. The Kier molecular flexibility index (Phi) is 5.65. The molecule has 5 rings (SSSR count). The minimum Gasteiger partial charge on any atom is -0.335 e. The van der Waals surface area contributed by atoms with Gasteiger partial charge in [0.1, 0.15) is 0 Å². The van der Waals surface area contributed by atoms with Gasteiger partial charge in [0, 0.05) is 48.7 Å². The fraction of sp³-hybridized carbons (Fsp3) is 0.348. The number of piperazine rings is 1. The van der Waals surface area contributed by atoms with Crippen LogP contribution in [0.3, 0.4) is 0 Å². The first-order chi connectivity index (χ1) is 15.8. The van der Waals surface area contributed by atoms with Crippen molar-refractivity contribution in [3.8, 4) is 0 Å². The minimum atomic E-state index is -3.42. The van der Waals surface area contributed by atoms with Crippen molar-refractivity contribution in [1.82, 2.24) is 9.80 Å². The summed E-state index contributed by atoms with van der Waals surface area (Å²) in [7, 11) is -3.42. The molecule has 0 aliphatic carbocycles. The van der Waals surface area contributed by atoms with Crippen LogP contribution >= 0.6 is 11.8 Å². The first-order valence-corrected chi connectivity index (χ1v) is 13.4. The maximum atomic E-state index is 13.1. The van der Waals surface area contributed by atoms with E-state index in [2.05, 4.69) is 11.3 Å². The molecule has 0 unspecified atom stereocenters. The largest absolute Gasteiger partial charge is 0.335 e. The number of carbonyl (C=O) groups is 2. The smallest absolute Gasteiger partial charge is 0.257 e. The third-order valence-corrected chi connectivity index (χ3v) is 8.49. The van der Waals surface area contributed by atoms with Crippen LogP contribution in [-0.2, 0) is 16.4 Å². The highest BCUT2D eigenvalue weighted by atomic mass is 32.2. The summed E-state index contributed by atoms with van der Waals surface area (Å²) in [6.45, 7) is 4.37. The Bertz CT molecular complexity index is 1250. The Morgan fingerprint density at radius 3 is 2.15 bits per heavy atom. The lowest BCUT2D eigenvalue weighted by Gasteiger charge is -2.35. The first kappa shape index (κ1) is 22.0. The predicted octanol–water partition coefficient (Wildman–Crippen LogP) is 2.46. The van der Waals surface area contributed by atoms with Gasteiger partial charge in [-0.2, -0.15) is 0 Å². The van der Waals surface area contributed by atoms with Crippen molar-refractivity contribution < 1.29 is 18.0 Å². The Morgan fingerprint density at radius 1 is 0.909 bits per heavy atom. The molecular formula is C23H24N4O4S2. The van der Waals surface area contributed by atoms with E-state index in [-0.39, 0.29) is 17.6 Å². The maximum absolute atomic E-state index is 13.1. The van der Waals surface area contributed by atoms with E-state index in [0.717, 1.165) is 17.0 Å². The summed E-state index contributed by atoms with van der Waals surface area (Å²) in [5, 5.41) is 0.444. The molecule has 0 radical (unpaired) electrons. The van der Waals surface area contributed by atoms with Crippen LogP contribution in [0.25, 0.3) is 0 Å². The van der Waals surface area contributed by atoms with Crippen molar-refractivity contribution >= 4 is 44.5 Å². The van der Waals surface area contributed by atoms with Gasteiger partial charge in [-0.25, -0.2) is 8.42 Å². The van der Waals surface area contributed by atoms with Gasteiger partial charge in [-0.05, 0) is 54.1 Å². The van der Waals surface area contributed by atoms with Crippen molar-refractivity contribution in [1.29, 1.82) is 0 Å². The van der Waals surface area contributed by atoms with E-state index >= 15 is 0 Å². The first-order valence-electron chi connectivity index (χ1n) is 10.9. The number of aryl methyl sites for hydroxylation is 1. The van der Waals surface area contributed by atoms with Crippen molar-refractivity contribution in [2.24, 2.45) is 4.40 Å². The van der Waals surface area contributed by atoms with E-state index in [9.17, 15) is 18.0 Å². The van der Waals surface area contributed by atoms with Gasteiger partial charge in [0.25, 0.3) is 21.8 Å². The summed E-state index contributed by atoms with van der Waals surface area (Å²) in [6.07, 6.45) is 0.932. The highest BCUT2D eigenvalue weighted by Gasteiger charge is 2.34. The summed E-state index contributed by atoms with van der Waals surface area (Å²) < 4.78 is 27.5. The zero-order valence-corrected chi connectivity index (χ0v) is 19.9. The van der Waals surface area contributed by atoms with Gasteiger partial charge < -0.3 is 14.7 Å². The van der Waals surface area contributed by atoms with Gasteiger partial charge >= 0.3 is 0 Å². The summed E-state index contributed by atoms with van der Waals surface area (Å²) in [4.78, 5) is 32.2. The summed E-state index contributed by atoms with van der Waals surface area (Å²) in [6, 6.07) is 13.1. The van der Waals surface area contributed by atoms with Crippen molar-refractivity contribution in [3.63, 3.8) is 0 Å². The Hall–Kier alpha value is -2.85. The average molecular weight is 485 g/mol. The van der Waals surface area contributed by atoms with E-state index in [0.29, 0.717) is 49.0 Å². The predicted molar refractivity (Wildman–Crippen MR) is 128 cm³/mol. The third kappa shape index (κ3) is 4.24. The number of thioether (sulfide) groups is 1. The molecule has 0 N–H and O–H groups in total. The number of amidine groups is 1.